The van der Waals surface area contributed by atoms with E-state index in [1.165, 1.54) is 4.90 Å². The fourth-order valence-electron chi connectivity index (χ4n) is 4.82. The molecule has 0 bridgehead atoms. The Morgan fingerprint density at radius 1 is 0.970 bits per heavy atom. The Hall–Kier alpha value is -3.94. The van der Waals surface area contributed by atoms with Gasteiger partial charge in [-0.1, -0.05) is 18.2 Å². The van der Waals surface area contributed by atoms with Gasteiger partial charge < -0.3 is 28.4 Å². The van der Waals surface area contributed by atoms with Crippen molar-refractivity contribution in [3.8, 4) is 17.2 Å². The number of carbonyl (C=O) groups is 2. The molecule has 1 unspecified atom stereocenters. The first-order chi connectivity index (χ1) is 16.0. The number of ether oxygens (including phenoxy) is 3. The quantitative estimate of drug-likeness (QED) is 0.615. The summed E-state index contributed by atoms with van der Waals surface area (Å²) in [7, 11) is 3.33. The Bertz CT molecular complexity index is 1300. The van der Waals surface area contributed by atoms with Gasteiger partial charge in [-0.3, -0.25) is 9.59 Å². The molecular weight excluding hydrogens is 424 g/mol. The van der Waals surface area contributed by atoms with Crippen molar-refractivity contribution in [2.75, 3.05) is 38.8 Å². The van der Waals surface area contributed by atoms with Gasteiger partial charge in [0.25, 0.3) is 5.91 Å². The van der Waals surface area contributed by atoms with Crippen LogP contribution in [-0.2, 0) is 16.8 Å². The second kappa shape index (κ2) is 7.03. The minimum atomic E-state index is -0.976. The van der Waals surface area contributed by atoms with Gasteiger partial charge in [-0.15, -0.1) is 0 Å². The van der Waals surface area contributed by atoms with Crippen LogP contribution in [0, 0.1) is 0 Å². The van der Waals surface area contributed by atoms with E-state index >= 15 is 0 Å². The van der Waals surface area contributed by atoms with Gasteiger partial charge in [-0.2, -0.15) is 0 Å². The van der Waals surface area contributed by atoms with Crippen molar-refractivity contribution >= 4 is 17.5 Å². The normalized spacial score (nSPS) is 19.9. The zero-order chi connectivity index (χ0) is 22.7. The molecule has 2 amide bonds. The first-order valence-electron chi connectivity index (χ1n) is 10.8. The first kappa shape index (κ1) is 19.7. The third-order valence-electron chi connectivity index (χ3n) is 6.41. The molecule has 8 heteroatoms. The Balaban J connectivity index is 1.41. The number of benzene rings is 2. The van der Waals surface area contributed by atoms with Gasteiger partial charge in [-0.05, 0) is 29.8 Å². The van der Waals surface area contributed by atoms with Crippen molar-refractivity contribution in [2.45, 2.75) is 12.0 Å². The molecule has 0 radical (unpaired) electrons. The van der Waals surface area contributed by atoms with E-state index in [1.54, 1.807) is 31.1 Å². The van der Waals surface area contributed by atoms with Crippen LogP contribution in [0.5, 0.6) is 17.2 Å². The van der Waals surface area contributed by atoms with Crippen LogP contribution in [0.4, 0.5) is 5.69 Å². The molecular formula is C25H22N2O6. The van der Waals surface area contributed by atoms with Gasteiger partial charge in [0.05, 0.1) is 6.54 Å². The summed E-state index contributed by atoms with van der Waals surface area (Å²) < 4.78 is 23.3. The summed E-state index contributed by atoms with van der Waals surface area (Å²) in [4.78, 5) is 29.4. The van der Waals surface area contributed by atoms with E-state index in [0.717, 1.165) is 16.8 Å². The fraction of sp³-hybridized carbons (Fsp3) is 0.280. The van der Waals surface area contributed by atoms with E-state index in [-0.39, 0.29) is 30.7 Å². The van der Waals surface area contributed by atoms with E-state index in [9.17, 15) is 9.59 Å². The molecule has 3 aromatic rings. The Kier molecular flexibility index (Phi) is 4.20. The minimum Gasteiger partial charge on any atom is -0.491 e. The van der Waals surface area contributed by atoms with Crippen LogP contribution in [0.15, 0.2) is 52.9 Å². The lowest BCUT2D eigenvalue weighted by atomic mass is 9.77. The van der Waals surface area contributed by atoms with Crippen molar-refractivity contribution in [1.82, 2.24) is 4.90 Å². The molecule has 1 atom stereocenters. The summed E-state index contributed by atoms with van der Waals surface area (Å²) in [6.45, 7) is 1.34. The summed E-state index contributed by atoms with van der Waals surface area (Å²) in [5, 5.41) is 0. The number of hydrogen-bond acceptors (Lipinski definition) is 6. The standard InChI is InChI=1S/C25H22N2O6/c1-26(2)23(28)19-8-7-15(33-19)13-27-18-6-4-3-5-16(18)25(24(27)29)14-32-20-12-22-21(11-17(20)25)30-9-10-31-22/h3-8,11-12H,9-10,13-14H2,1-2H3. The summed E-state index contributed by atoms with van der Waals surface area (Å²) in [6.07, 6.45) is 0. The second-order valence-electron chi connectivity index (χ2n) is 8.56. The average molecular weight is 446 g/mol. The number of para-hydroxylation sites is 1. The predicted molar refractivity (Wildman–Crippen MR) is 118 cm³/mol. The lowest BCUT2D eigenvalue weighted by Crippen LogP contribution is -2.42. The molecule has 168 valence electrons. The molecule has 0 saturated heterocycles. The zero-order valence-electron chi connectivity index (χ0n) is 18.3. The molecule has 0 fully saturated rings. The molecule has 0 N–H and O–H groups in total. The molecule has 6 rings (SSSR count). The summed E-state index contributed by atoms with van der Waals surface area (Å²) in [5.74, 6) is 2.31. The molecule has 33 heavy (non-hydrogen) atoms. The highest BCUT2D eigenvalue weighted by molar-refractivity contribution is 6.11. The van der Waals surface area contributed by atoms with Crippen molar-refractivity contribution in [3.63, 3.8) is 0 Å². The maximum atomic E-state index is 14.0. The molecule has 1 aromatic heterocycles. The largest absolute Gasteiger partial charge is 0.491 e. The molecule has 1 spiro atoms. The van der Waals surface area contributed by atoms with Crippen LogP contribution in [0.2, 0.25) is 0 Å². The van der Waals surface area contributed by atoms with Gasteiger partial charge >= 0.3 is 0 Å². The highest BCUT2D eigenvalue weighted by Crippen LogP contribution is 2.55. The van der Waals surface area contributed by atoms with Crippen LogP contribution in [0.25, 0.3) is 0 Å². The Morgan fingerprint density at radius 2 is 1.73 bits per heavy atom. The maximum absolute atomic E-state index is 14.0. The van der Waals surface area contributed by atoms with Gasteiger partial charge in [0.1, 0.15) is 36.7 Å². The van der Waals surface area contributed by atoms with Crippen LogP contribution >= 0.6 is 0 Å². The van der Waals surface area contributed by atoms with Crippen LogP contribution in [0.1, 0.15) is 27.4 Å². The van der Waals surface area contributed by atoms with E-state index in [4.69, 9.17) is 18.6 Å². The van der Waals surface area contributed by atoms with Crippen LogP contribution in [-0.4, -0.2) is 50.6 Å². The van der Waals surface area contributed by atoms with E-state index in [2.05, 4.69) is 0 Å². The van der Waals surface area contributed by atoms with E-state index in [0.29, 0.717) is 36.2 Å². The van der Waals surface area contributed by atoms with Crippen molar-refractivity contribution in [3.05, 3.63) is 71.2 Å². The molecule has 2 aromatic carbocycles. The highest BCUT2D eigenvalue weighted by atomic mass is 16.6. The van der Waals surface area contributed by atoms with Gasteiger partial charge in [0, 0.05) is 31.4 Å². The number of amides is 2. The molecule has 0 aliphatic carbocycles. The summed E-state index contributed by atoms with van der Waals surface area (Å²) in [6, 6.07) is 14.8. The lowest BCUT2D eigenvalue weighted by molar-refractivity contribution is -0.122. The van der Waals surface area contributed by atoms with Crippen molar-refractivity contribution in [1.29, 1.82) is 0 Å². The Morgan fingerprint density at radius 3 is 2.52 bits per heavy atom. The monoisotopic (exact) mass is 446 g/mol. The van der Waals surface area contributed by atoms with Gasteiger partial charge in [-0.25, -0.2) is 0 Å². The summed E-state index contributed by atoms with van der Waals surface area (Å²) in [5.41, 5.74) is 1.47. The van der Waals surface area contributed by atoms with Crippen molar-refractivity contribution in [2.24, 2.45) is 0 Å². The highest BCUT2D eigenvalue weighted by Gasteiger charge is 2.57. The second-order valence-corrected chi connectivity index (χ2v) is 8.56. The average Bonchev–Trinajstić information content (AvgIpc) is 3.51. The van der Waals surface area contributed by atoms with Crippen molar-refractivity contribution < 1.29 is 28.2 Å². The fourth-order valence-corrected chi connectivity index (χ4v) is 4.82. The minimum absolute atomic E-state index is 0.101. The van der Waals surface area contributed by atoms with E-state index < -0.39 is 5.41 Å². The topological polar surface area (TPSA) is 81.5 Å². The Labute approximate surface area is 190 Å². The first-order valence-corrected chi connectivity index (χ1v) is 10.8. The number of nitrogens with zero attached hydrogens (tertiary/aromatic N) is 2. The molecule has 3 aliphatic heterocycles. The molecule has 8 nitrogen and oxygen atoms in total. The smallest absolute Gasteiger partial charge is 0.289 e. The van der Waals surface area contributed by atoms with Crippen LogP contribution in [0.3, 0.4) is 0 Å². The zero-order valence-corrected chi connectivity index (χ0v) is 18.3. The predicted octanol–water partition coefficient (Wildman–Crippen LogP) is 2.98. The molecule has 0 saturated carbocycles. The third kappa shape index (κ3) is 2.76. The lowest BCUT2D eigenvalue weighted by Gasteiger charge is -2.24. The number of carbonyl (C=O) groups excluding carboxylic acids is 2. The van der Waals surface area contributed by atoms with Crippen LogP contribution < -0.4 is 19.1 Å². The molecule has 3 aliphatic rings. The maximum Gasteiger partial charge on any atom is 0.289 e. The number of hydrogen-bond donors (Lipinski definition) is 0. The van der Waals surface area contributed by atoms with Gasteiger partial charge in [0.2, 0.25) is 5.91 Å². The van der Waals surface area contributed by atoms with E-state index in [1.807, 2.05) is 36.4 Å². The number of fused-ring (bicyclic) bond motifs is 5. The summed E-state index contributed by atoms with van der Waals surface area (Å²) >= 11 is 0. The molecule has 4 heterocycles. The number of anilines is 1. The number of furan rings is 1. The number of rotatable bonds is 3. The SMILES string of the molecule is CN(C)C(=O)c1ccc(CN2C(=O)C3(COc4cc5c(cc43)OCCO5)c3ccccc32)o1. The third-order valence-corrected chi connectivity index (χ3v) is 6.41. The van der Waals surface area contributed by atoms with Gasteiger partial charge in [0.15, 0.2) is 17.3 Å².